The molecule has 1 aliphatic heterocycles. The van der Waals surface area contributed by atoms with Gasteiger partial charge in [0.1, 0.15) is 10.6 Å². The molecule has 1 aliphatic rings. The highest BCUT2D eigenvalue weighted by Crippen LogP contribution is 2.33. The quantitative estimate of drug-likeness (QED) is 0.937. The van der Waals surface area contributed by atoms with Crippen molar-refractivity contribution in [3.8, 4) is 5.75 Å². The first-order chi connectivity index (χ1) is 9.97. The molecule has 1 aromatic heterocycles. The van der Waals surface area contributed by atoms with Crippen LogP contribution in [-0.2, 0) is 16.4 Å². The fourth-order valence-corrected chi connectivity index (χ4v) is 3.32. The van der Waals surface area contributed by atoms with E-state index in [1.807, 2.05) is 0 Å². The molecule has 0 radical (unpaired) electrons. The van der Waals surface area contributed by atoms with Crippen molar-refractivity contribution in [1.82, 2.24) is 9.78 Å². The molecule has 112 valence electrons. The Morgan fingerprint density at radius 3 is 2.90 bits per heavy atom. The first kappa shape index (κ1) is 13.8. The summed E-state index contributed by atoms with van der Waals surface area (Å²) in [7, 11) is -3.92. The molecule has 0 atom stereocenters. The van der Waals surface area contributed by atoms with Gasteiger partial charge in [0.25, 0.3) is 10.0 Å². The van der Waals surface area contributed by atoms with Crippen LogP contribution in [0, 0.1) is 0 Å². The number of alkyl halides is 2. The number of nitrogens with zero attached hydrogens (tertiary/aromatic N) is 2. The van der Waals surface area contributed by atoms with Crippen LogP contribution in [0.15, 0.2) is 35.5 Å². The first-order valence-electron chi connectivity index (χ1n) is 6.07. The average Bonchev–Trinajstić information content (AvgIpc) is 3.05. The van der Waals surface area contributed by atoms with E-state index in [4.69, 9.17) is 4.74 Å². The molecular weight excluding hydrogens is 304 g/mol. The van der Waals surface area contributed by atoms with E-state index in [9.17, 15) is 17.2 Å². The zero-order valence-corrected chi connectivity index (χ0v) is 11.5. The van der Waals surface area contributed by atoms with Crippen LogP contribution < -0.4 is 9.46 Å². The summed E-state index contributed by atoms with van der Waals surface area (Å²) < 4.78 is 57.4. The Balaban J connectivity index is 1.92. The number of rotatable bonds is 4. The first-order valence-corrected chi connectivity index (χ1v) is 7.55. The summed E-state index contributed by atoms with van der Waals surface area (Å²) in [6, 6.07) is 4.81. The lowest BCUT2D eigenvalue weighted by molar-refractivity contribution is 0.0566. The Labute approximate surface area is 119 Å². The second-order valence-corrected chi connectivity index (χ2v) is 6.09. The van der Waals surface area contributed by atoms with Crippen LogP contribution in [0.2, 0.25) is 0 Å². The van der Waals surface area contributed by atoms with Gasteiger partial charge in [0.2, 0.25) is 0 Å². The molecule has 1 aromatic carbocycles. The van der Waals surface area contributed by atoms with Crippen LogP contribution in [-0.4, -0.2) is 24.8 Å². The Bertz CT molecular complexity index is 774. The highest BCUT2D eigenvalue weighted by atomic mass is 32.2. The van der Waals surface area contributed by atoms with Crippen LogP contribution in [0.25, 0.3) is 0 Å². The Hall–Kier alpha value is -2.16. The van der Waals surface area contributed by atoms with Gasteiger partial charge < -0.3 is 4.74 Å². The molecule has 0 amide bonds. The van der Waals surface area contributed by atoms with E-state index >= 15 is 0 Å². The predicted octanol–water partition coefficient (Wildman–Crippen LogP) is 2.01. The molecule has 0 fully saturated rings. The molecule has 2 heterocycles. The Morgan fingerprint density at radius 2 is 2.19 bits per heavy atom. The van der Waals surface area contributed by atoms with Crippen molar-refractivity contribution in [2.45, 2.75) is 17.9 Å². The molecule has 3 rings (SSSR count). The summed E-state index contributed by atoms with van der Waals surface area (Å²) >= 11 is 0. The van der Waals surface area contributed by atoms with Crippen LogP contribution in [0.3, 0.4) is 0 Å². The maximum Gasteiger partial charge on any atom is 0.333 e. The van der Waals surface area contributed by atoms with Gasteiger partial charge in [-0.15, -0.1) is 0 Å². The largest absolute Gasteiger partial charge is 0.492 e. The third-order valence-corrected chi connectivity index (χ3v) is 4.43. The molecule has 2 aromatic rings. The van der Waals surface area contributed by atoms with Crippen LogP contribution in [0.5, 0.6) is 5.75 Å². The van der Waals surface area contributed by atoms with Crippen molar-refractivity contribution >= 4 is 15.7 Å². The van der Waals surface area contributed by atoms with E-state index in [1.165, 1.54) is 6.07 Å². The number of aromatic nitrogens is 2. The molecule has 6 nitrogen and oxygen atoms in total. The van der Waals surface area contributed by atoms with E-state index in [0.717, 1.165) is 18.0 Å². The van der Waals surface area contributed by atoms with Crippen molar-refractivity contribution in [1.29, 1.82) is 0 Å². The third kappa shape index (κ3) is 2.56. The van der Waals surface area contributed by atoms with E-state index in [1.54, 1.807) is 12.1 Å². The minimum Gasteiger partial charge on any atom is -0.492 e. The molecular formula is C12H11F2N3O3S. The topological polar surface area (TPSA) is 73.2 Å². The number of benzene rings is 1. The number of fused-ring (bicyclic) bond motifs is 1. The molecule has 21 heavy (non-hydrogen) atoms. The second kappa shape index (κ2) is 4.99. The number of hydrogen-bond donors (Lipinski definition) is 1. The summed E-state index contributed by atoms with van der Waals surface area (Å²) in [4.78, 5) is -0.0118. The molecule has 1 N–H and O–H groups in total. The maximum absolute atomic E-state index is 12.4. The number of hydrogen-bond acceptors (Lipinski definition) is 4. The Kier molecular flexibility index (Phi) is 3.28. The van der Waals surface area contributed by atoms with Crippen LogP contribution >= 0.6 is 0 Å². The van der Waals surface area contributed by atoms with Crippen molar-refractivity contribution < 1.29 is 21.9 Å². The molecule has 0 bridgehead atoms. The number of ether oxygens (including phenoxy) is 1. The number of halogens is 2. The van der Waals surface area contributed by atoms with Gasteiger partial charge in [-0.25, -0.2) is 13.1 Å². The number of anilines is 1. The van der Waals surface area contributed by atoms with Crippen LogP contribution in [0.4, 0.5) is 14.5 Å². The van der Waals surface area contributed by atoms with Gasteiger partial charge in [0.05, 0.1) is 24.7 Å². The zero-order valence-electron chi connectivity index (χ0n) is 10.7. The van der Waals surface area contributed by atoms with E-state index in [-0.39, 0.29) is 10.6 Å². The van der Waals surface area contributed by atoms with E-state index in [2.05, 4.69) is 9.82 Å². The minimum absolute atomic E-state index is 0.0118. The molecule has 0 saturated carbocycles. The molecule has 0 unspecified atom stereocenters. The molecule has 0 aliphatic carbocycles. The predicted molar refractivity (Wildman–Crippen MR) is 69.9 cm³/mol. The smallest absolute Gasteiger partial charge is 0.333 e. The molecule has 0 saturated heterocycles. The van der Waals surface area contributed by atoms with E-state index in [0.29, 0.717) is 23.5 Å². The number of sulfonamides is 1. The van der Waals surface area contributed by atoms with Crippen molar-refractivity contribution in [3.05, 3.63) is 36.2 Å². The summed E-state index contributed by atoms with van der Waals surface area (Å²) in [6.07, 6.45) is 2.59. The average molecular weight is 315 g/mol. The fourth-order valence-electron chi connectivity index (χ4n) is 2.10. The molecule has 0 spiro atoms. The van der Waals surface area contributed by atoms with Crippen molar-refractivity contribution in [2.24, 2.45) is 0 Å². The fraction of sp³-hybridized carbons (Fsp3) is 0.250. The standard InChI is InChI=1S/C12H11F2N3O3S/c13-12(14)17-7-9(6-15-17)16-21(18,19)10-3-1-2-8-4-5-20-11(8)10/h1-3,6-7,12,16H,4-5H2. The lowest BCUT2D eigenvalue weighted by Crippen LogP contribution is -2.13. The third-order valence-electron chi connectivity index (χ3n) is 3.02. The molecule has 9 heteroatoms. The van der Waals surface area contributed by atoms with Gasteiger partial charge in [0, 0.05) is 6.42 Å². The monoisotopic (exact) mass is 315 g/mol. The summed E-state index contributed by atoms with van der Waals surface area (Å²) in [5, 5.41) is 3.37. The second-order valence-electron chi connectivity index (χ2n) is 4.44. The normalized spacial score (nSPS) is 14.0. The van der Waals surface area contributed by atoms with Gasteiger partial charge in [-0.1, -0.05) is 12.1 Å². The minimum atomic E-state index is -3.92. The summed E-state index contributed by atoms with van der Waals surface area (Å²) in [5.41, 5.74) is 0.770. The van der Waals surface area contributed by atoms with Gasteiger partial charge in [-0.05, 0) is 11.6 Å². The van der Waals surface area contributed by atoms with Gasteiger partial charge in [0.15, 0.2) is 0 Å². The lowest BCUT2D eigenvalue weighted by atomic mass is 10.2. The van der Waals surface area contributed by atoms with Crippen molar-refractivity contribution in [2.75, 3.05) is 11.3 Å². The zero-order chi connectivity index (χ0) is 15.0. The Morgan fingerprint density at radius 1 is 1.38 bits per heavy atom. The highest BCUT2D eigenvalue weighted by Gasteiger charge is 2.25. The van der Waals surface area contributed by atoms with Gasteiger partial charge in [-0.2, -0.15) is 13.9 Å². The number of para-hydroxylation sites is 1. The highest BCUT2D eigenvalue weighted by molar-refractivity contribution is 7.92. The van der Waals surface area contributed by atoms with Gasteiger partial charge >= 0.3 is 6.55 Å². The number of nitrogens with one attached hydrogen (secondary N) is 1. The summed E-state index contributed by atoms with van der Waals surface area (Å²) in [5.74, 6) is 0.311. The SMILES string of the molecule is O=S(=O)(Nc1cnn(C(F)F)c1)c1cccc2c1OCC2. The van der Waals surface area contributed by atoms with E-state index < -0.39 is 16.6 Å². The lowest BCUT2D eigenvalue weighted by Gasteiger charge is -2.09. The van der Waals surface area contributed by atoms with Crippen LogP contribution in [0.1, 0.15) is 12.1 Å². The maximum atomic E-state index is 12.4. The summed E-state index contributed by atoms with van der Waals surface area (Å²) in [6.45, 7) is -2.40. The van der Waals surface area contributed by atoms with Crippen molar-refractivity contribution in [3.63, 3.8) is 0 Å². The van der Waals surface area contributed by atoms with Gasteiger partial charge in [-0.3, -0.25) is 4.72 Å².